The molecular weight excluding hydrogens is 462 g/mol. The van der Waals surface area contributed by atoms with Crippen LogP contribution in [0.15, 0.2) is 36.7 Å². The van der Waals surface area contributed by atoms with Crippen LogP contribution in [0, 0.1) is 5.41 Å². The summed E-state index contributed by atoms with van der Waals surface area (Å²) in [6, 6.07) is 7.82. The number of primary amides is 1. The van der Waals surface area contributed by atoms with E-state index in [1.165, 1.54) is 0 Å². The van der Waals surface area contributed by atoms with E-state index in [-0.39, 0.29) is 17.1 Å². The number of H-pyrrole nitrogens is 1. The molecular formula is C26H35N5O3S. The third-order valence-corrected chi connectivity index (χ3v) is 8.51. The summed E-state index contributed by atoms with van der Waals surface area (Å²) in [5.41, 5.74) is 9.97. The Morgan fingerprint density at radius 1 is 1.20 bits per heavy atom. The largest absolute Gasteiger partial charge is 0.370 e. The first-order chi connectivity index (χ1) is 16.5. The van der Waals surface area contributed by atoms with Crippen molar-refractivity contribution in [3.05, 3.63) is 47.8 Å². The highest BCUT2D eigenvalue weighted by Crippen LogP contribution is 2.37. The highest BCUT2D eigenvalue weighted by Gasteiger charge is 2.29. The summed E-state index contributed by atoms with van der Waals surface area (Å²) >= 11 is 0. The van der Waals surface area contributed by atoms with Gasteiger partial charge in [0.25, 0.3) is 5.91 Å². The van der Waals surface area contributed by atoms with Gasteiger partial charge in [-0.3, -0.25) is 4.79 Å². The second kappa shape index (κ2) is 9.62. The molecule has 4 rings (SSSR count). The van der Waals surface area contributed by atoms with Crippen LogP contribution in [0.4, 0.5) is 5.82 Å². The second-order valence-corrected chi connectivity index (χ2v) is 12.7. The number of carbonyl (C=O) groups is 1. The molecule has 0 spiro atoms. The maximum absolute atomic E-state index is 12.4. The molecule has 188 valence electrons. The quantitative estimate of drug-likeness (QED) is 0.449. The molecule has 0 atom stereocenters. The Morgan fingerprint density at radius 2 is 1.91 bits per heavy atom. The van der Waals surface area contributed by atoms with Gasteiger partial charge in [0, 0.05) is 37.4 Å². The lowest BCUT2D eigenvalue weighted by atomic mass is 9.88. The highest BCUT2D eigenvalue weighted by atomic mass is 32.2. The van der Waals surface area contributed by atoms with Crippen LogP contribution < -0.4 is 11.1 Å². The SMILES string of the molecule is CCS(=O)(=O)N1CCC(c2c[nH]c3c(C(N)=O)cc(-c4ccnc(NCC(C)(C)C)c4)cc23)CC1. The van der Waals surface area contributed by atoms with Crippen LogP contribution in [0.1, 0.15) is 62.4 Å². The van der Waals surface area contributed by atoms with Crippen molar-refractivity contribution < 1.29 is 13.2 Å². The van der Waals surface area contributed by atoms with Gasteiger partial charge in [0.1, 0.15) is 5.82 Å². The summed E-state index contributed by atoms with van der Waals surface area (Å²) in [5, 5.41) is 4.34. The number of rotatable bonds is 7. The van der Waals surface area contributed by atoms with Crippen LogP contribution in [-0.2, 0) is 10.0 Å². The first-order valence-electron chi connectivity index (χ1n) is 12.1. The normalized spacial score (nSPS) is 16.0. The zero-order valence-electron chi connectivity index (χ0n) is 20.9. The number of benzene rings is 1. The second-order valence-electron chi connectivity index (χ2n) is 10.5. The standard InChI is InChI=1S/C26H35N5O3S/c1-5-35(33,34)31-10-7-17(8-11-31)22-15-29-24-20(22)12-19(13-21(24)25(27)32)18-6-9-28-23(14-18)30-16-26(2,3)4/h6,9,12-15,17,29H,5,7-8,10-11,16H2,1-4H3,(H2,27,32)(H,28,30). The molecule has 0 radical (unpaired) electrons. The van der Waals surface area contributed by atoms with Crippen molar-refractivity contribution in [2.24, 2.45) is 11.1 Å². The summed E-state index contributed by atoms with van der Waals surface area (Å²) in [5.74, 6) is 0.602. The zero-order chi connectivity index (χ0) is 25.4. The molecule has 4 N–H and O–H groups in total. The van der Waals surface area contributed by atoms with Gasteiger partial charge < -0.3 is 16.0 Å². The van der Waals surface area contributed by atoms with Crippen LogP contribution in [0.25, 0.3) is 22.0 Å². The van der Waals surface area contributed by atoms with Gasteiger partial charge in [-0.15, -0.1) is 0 Å². The number of sulfonamides is 1. The molecule has 3 aromatic rings. The predicted molar refractivity (Wildman–Crippen MR) is 141 cm³/mol. The molecule has 9 heteroatoms. The minimum atomic E-state index is -3.18. The number of hydrogen-bond donors (Lipinski definition) is 3. The molecule has 1 aliphatic rings. The number of anilines is 1. The summed E-state index contributed by atoms with van der Waals surface area (Å²) in [6.45, 7) is 9.94. The maximum atomic E-state index is 12.4. The van der Waals surface area contributed by atoms with E-state index in [4.69, 9.17) is 5.73 Å². The van der Waals surface area contributed by atoms with Crippen molar-refractivity contribution in [2.75, 3.05) is 30.7 Å². The average Bonchev–Trinajstić information content (AvgIpc) is 3.26. The number of aromatic nitrogens is 2. The fourth-order valence-corrected chi connectivity index (χ4v) is 5.77. The zero-order valence-corrected chi connectivity index (χ0v) is 21.7. The Balaban J connectivity index is 1.69. The lowest BCUT2D eigenvalue weighted by molar-refractivity contribution is 0.100. The monoisotopic (exact) mass is 497 g/mol. The topological polar surface area (TPSA) is 121 Å². The van der Waals surface area contributed by atoms with E-state index in [1.807, 2.05) is 24.4 Å². The van der Waals surface area contributed by atoms with Gasteiger partial charge >= 0.3 is 0 Å². The number of hydrogen-bond acceptors (Lipinski definition) is 5. The van der Waals surface area contributed by atoms with Crippen LogP contribution in [0.2, 0.25) is 0 Å². The van der Waals surface area contributed by atoms with Crippen LogP contribution in [0.5, 0.6) is 0 Å². The fraction of sp³-hybridized carbons (Fsp3) is 0.462. The van der Waals surface area contributed by atoms with Crippen LogP contribution >= 0.6 is 0 Å². The van der Waals surface area contributed by atoms with Crippen molar-refractivity contribution in [2.45, 2.75) is 46.5 Å². The first-order valence-corrected chi connectivity index (χ1v) is 13.7. The van der Waals surface area contributed by atoms with E-state index in [0.29, 0.717) is 18.7 Å². The summed E-state index contributed by atoms with van der Waals surface area (Å²) in [4.78, 5) is 20.1. The molecule has 1 aromatic carbocycles. The molecule has 1 amide bonds. The molecule has 0 saturated carbocycles. The minimum Gasteiger partial charge on any atom is -0.370 e. The molecule has 1 fully saturated rings. The molecule has 1 aliphatic heterocycles. The van der Waals surface area contributed by atoms with E-state index < -0.39 is 15.9 Å². The lowest BCUT2D eigenvalue weighted by Crippen LogP contribution is -2.38. The Labute approximate surface area is 207 Å². The van der Waals surface area contributed by atoms with E-state index >= 15 is 0 Å². The van der Waals surface area contributed by atoms with Crippen LogP contribution in [-0.4, -0.2) is 54.0 Å². The fourth-order valence-electron chi connectivity index (χ4n) is 4.64. The number of amides is 1. The van der Waals surface area contributed by atoms with Gasteiger partial charge in [-0.1, -0.05) is 20.8 Å². The predicted octanol–water partition coefficient (Wildman–Crippen LogP) is 4.32. The summed E-state index contributed by atoms with van der Waals surface area (Å²) in [7, 11) is -3.18. The summed E-state index contributed by atoms with van der Waals surface area (Å²) < 4.78 is 26.1. The van der Waals surface area contributed by atoms with E-state index in [0.717, 1.165) is 52.8 Å². The van der Waals surface area contributed by atoms with Crippen molar-refractivity contribution in [3.8, 4) is 11.1 Å². The first kappa shape index (κ1) is 25.2. The van der Waals surface area contributed by atoms with Gasteiger partial charge in [0.15, 0.2) is 0 Å². The smallest absolute Gasteiger partial charge is 0.250 e. The van der Waals surface area contributed by atoms with Gasteiger partial charge in [-0.2, -0.15) is 0 Å². The van der Waals surface area contributed by atoms with Gasteiger partial charge in [-0.25, -0.2) is 17.7 Å². The molecule has 8 nitrogen and oxygen atoms in total. The number of piperidine rings is 1. The molecule has 0 unspecified atom stereocenters. The van der Waals surface area contributed by atoms with Crippen molar-refractivity contribution in [3.63, 3.8) is 0 Å². The molecule has 35 heavy (non-hydrogen) atoms. The molecule has 3 heterocycles. The number of fused-ring (bicyclic) bond motifs is 1. The third-order valence-electron chi connectivity index (χ3n) is 6.63. The number of nitrogens with one attached hydrogen (secondary N) is 2. The highest BCUT2D eigenvalue weighted by molar-refractivity contribution is 7.89. The van der Waals surface area contributed by atoms with E-state index in [1.54, 1.807) is 17.4 Å². The van der Waals surface area contributed by atoms with Crippen molar-refractivity contribution in [1.82, 2.24) is 14.3 Å². The number of nitrogens with two attached hydrogens (primary N) is 1. The Hall–Kier alpha value is -2.91. The van der Waals surface area contributed by atoms with Crippen LogP contribution in [0.3, 0.4) is 0 Å². The summed E-state index contributed by atoms with van der Waals surface area (Å²) in [6.07, 6.45) is 5.17. The van der Waals surface area contributed by atoms with Crippen molar-refractivity contribution in [1.29, 1.82) is 0 Å². The lowest BCUT2D eigenvalue weighted by Gasteiger charge is -2.31. The number of nitrogens with zero attached hydrogens (tertiary/aromatic N) is 2. The van der Waals surface area contributed by atoms with Gasteiger partial charge in [0.05, 0.1) is 16.8 Å². The minimum absolute atomic E-state index is 0.113. The average molecular weight is 498 g/mol. The van der Waals surface area contributed by atoms with Crippen molar-refractivity contribution >= 4 is 32.7 Å². The van der Waals surface area contributed by atoms with Gasteiger partial charge in [0.2, 0.25) is 10.0 Å². The molecule has 0 bridgehead atoms. The van der Waals surface area contributed by atoms with E-state index in [9.17, 15) is 13.2 Å². The Kier molecular flexibility index (Phi) is 6.92. The number of carbonyl (C=O) groups excluding carboxylic acids is 1. The molecule has 1 saturated heterocycles. The van der Waals surface area contributed by atoms with Gasteiger partial charge in [-0.05, 0) is 72.1 Å². The maximum Gasteiger partial charge on any atom is 0.250 e. The third kappa shape index (κ3) is 5.51. The Bertz CT molecular complexity index is 1330. The van der Waals surface area contributed by atoms with E-state index in [2.05, 4.69) is 42.1 Å². The number of pyridine rings is 1. The molecule has 2 aromatic heterocycles. The number of aromatic amines is 1. The Morgan fingerprint density at radius 3 is 2.54 bits per heavy atom. The molecule has 0 aliphatic carbocycles.